The number of benzene rings is 2. The average molecular weight is 377 g/mol. The van der Waals surface area contributed by atoms with Gasteiger partial charge in [-0.2, -0.15) is 5.10 Å². The number of aromatic nitrogens is 4. The molecule has 8 heteroatoms. The predicted octanol–water partition coefficient (Wildman–Crippen LogP) is 2.67. The number of nitrogens with zero attached hydrogens (tertiary/aromatic N) is 4. The number of rotatable bonds is 4. The molecule has 140 valence electrons. The normalized spacial score (nSPS) is 10.9. The highest BCUT2D eigenvalue weighted by Gasteiger charge is 2.14. The number of halogens is 1. The summed E-state index contributed by atoms with van der Waals surface area (Å²) in [5.41, 5.74) is 2.18. The first-order chi connectivity index (χ1) is 13.5. The molecule has 0 bridgehead atoms. The molecule has 2 aromatic carbocycles. The van der Waals surface area contributed by atoms with E-state index in [0.717, 1.165) is 11.3 Å². The third-order valence-electron chi connectivity index (χ3n) is 4.32. The molecule has 0 aliphatic rings. The van der Waals surface area contributed by atoms with E-state index >= 15 is 0 Å². The van der Waals surface area contributed by atoms with Crippen molar-refractivity contribution in [1.82, 2.24) is 19.3 Å². The van der Waals surface area contributed by atoms with Crippen LogP contribution in [-0.2, 0) is 11.3 Å². The van der Waals surface area contributed by atoms with Gasteiger partial charge in [0.15, 0.2) is 5.65 Å². The second-order valence-corrected chi connectivity index (χ2v) is 6.32. The molecule has 0 saturated carbocycles. The van der Waals surface area contributed by atoms with Gasteiger partial charge in [-0.05, 0) is 36.8 Å². The summed E-state index contributed by atoms with van der Waals surface area (Å²) in [4.78, 5) is 29.3. The first-order valence-electron chi connectivity index (χ1n) is 8.57. The van der Waals surface area contributed by atoms with Crippen LogP contribution in [0.15, 0.2) is 65.8 Å². The van der Waals surface area contributed by atoms with Crippen LogP contribution in [0.3, 0.4) is 0 Å². The van der Waals surface area contributed by atoms with E-state index in [1.54, 1.807) is 10.7 Å². The van der Waals surface area contributed by atoms with E-state index < -0.39 is 11.7 Å². The van der Waals surface area contributed by atoms with Gasteiger partial charge in [0, 0.05) is 5.69 Å². The summed E-state index contributed by atoms with van der Waals surface area (Å²) in [7, 11) is 0. The molecule has 0 fully saturated rings. The van der Waals surface area contributed by atoms with Crippen molar-refractivity contribution in [2.75, 3.05) is 5.32 Å². The van der Waals surface area contributed by atoms with Crippen LogP contribution in [0, 0.1) is 12.7 Å². The summed E-state index contributed by atoms with van der Waals surface area (Å²) in [6.07, 6.45) is 2.75. The molecule has 1 N–H and O–H groups in total. The minimum Gasteiger partial charge on any atom is -0.324 e. The van der Waals surface area contributed by atoms with Gasteiger partial charge >= 0.3 is 0 Å². The monoisotopic (exact) mass is 377 g/mol. The minimum atomic E-state index is -0.458. The molecular formula is C20H16FN5O2. The van der Waals surface area contributed by atoms with Gasteiger partial charge in [0.1, 0.15) is 24.1 Å². The molecule has 4 aromatic rings. The molecule has 0 aliphatic heterocycles. The number of aryl methyl sites for hydroxylation is 1. The molecule has 28 heavy (non-hydrogen) atoms. The van der Waals surface area contributed by atoms with E-state index in [1.165, 1.54) is 35.3 Å². The van der Waals surface area contributed by atoms with Crippen molar-refractivity contribution >= 4 is 22.6 Å². The molecule has 2 aromatic heterocycles. The van der Waals surface area contributed by atoms with E-state index in [-0.39, 0.29) is 12.1 Å². The van der Waals surface area contributed by atoms with E-state index in [4.69, 9.17) is 0 Å². The van der Waals surface area contributed by atoms with Crippen molar-refractivity contribution in [3.05, 3.63) is 82.8 Å². The van der Waals surface area contributed by atoms with E-state index in [1.807, 2.05) is 31.2 Å². The van der Waals surface area contributed by atoms with Crippen molar-refractivity contribution in [3.63, 3.8) is 0 Å². The van der Waals surface area contributed by atoms with Gasteiger partial charge in [0.05, 0.1) is 11.9 Å². The highest BCUT2D eigenvalue weighted by atomic mass is 19.1. The quantitative estimate of drug-likeness (QED) is 0.593. The van der Waals surface area contributed by atoms with Crippen LogP contribution in [0.2, 0.25) is 0 Å². The number of para-hydroxylation sites is 1. The summed E-state index contributed by atoms with van der Waals surface area (Å²) in [6.45, 7) is 1.70. The van der Waals surface area contributed by atoms with Gasteiger partial charge < -0.3 is 5.32 Å². The third-order valence-corrected chi connectivity index (χ3v) is 4.32. The van der Waals surface area contributed by atoms with Crippen molar-refractivity contribution in [1.29, 1.82) is 0 Å². The fraction of sp³-hybridized carbons (Fsp3) is 0.100. The van der Waals surface area contributed by atoms with E-state index in [9.17, 15) is 14.0 Å². The Labute approximate surface area is 159 Å². The SMILES string of the molecule is Cc1ccccc1-n1ncc2c(=O)n(CC(=O)Nc3cccc(F)c3)cnc21. The number of carbonyl (C=O) groups excluding carboxylic acids is 1. The maximum Gasteiger partial charge on any atom is 0.264 e. The Kier molecular flexibility index (Phi) is 4.44. The molecule has 4 rings (SSSR count). The molecule has 0 spiro atoms. The van der Waals surface area contributed by atoms with Gasteiger partial charge in [0.2, 0.25) is 5.91 Å². The summed E-state index contributed by atoms with van der Waals surface area (Å²) in [5, 5.41) is 7.15. The van der Waals surface area contributed by atoms with Gasteiger partial charge in [-0.1, -0.05) is 24.3 Å². The van der Waals surface area contributed by atoms with E-state index in [0.29, 0.717) is 16.7 Å². The molecular weight excluding hydrogens is 361 g/mol. The lowest BCUT2D eigenvalue weighted by Gasteiger charge is -2.08. The number of carbonyl (C=O) groups is 1. The lowest BCUT2D eigenvalue weighted by molar-refractivity contribution is -0.116. The Morgan fingerprint density at radius 3 is 2.79 bits per heavy atom. The third kappa shape index (κ3) is 3.27. The molecule has 0 radical (unpaired) electrons. The molecule has 0 saturated heterocycles. The molecule has 0 atom stereocenters. The Bertz CT molecular complexity index is 1240. The highest BCUT2D eigenvalue weighted by Crippen LogP contribution is 2.17. The summed E-state index contributed by atoms with van der Waals surface area (Å²) in [6, 6.07) is 13.2. The van der Waals surface area contributed by atoms with Gasteiger partial charge in [-0.15, -0.1) is 0 Å². The topological polar surface area (TPSA) is 81.8 Å². The molecule has 7 nitrogen and oxygen atoms in total. The Balaban J connectivity index is 1.63. The zero-order valence-corrected chi connectivity index (χ0v) is 15.0. The number of nitrogens with one attached hydrogen (secondary N) is 1. The predicted molar refractivity (Wildman–Crippen MR) is 103 cm³/mol. The second kappa shape index (κ2) is 7.07. The smallest absolute Gasteiger partial charge is 0.264 e. The number of hydrogen-bond donors (Lipinski definition) is 1. The largest absolute Gasteiger partial charge is 0.324 e. The van der Waals surface area contributed by atoms with Crippen molar-refractivity contribution < 1.29 is 9.18 Å². The number of anilines is 1. The number of amides is 1. The van der Waals surface area contributed by atoms with Gasteiger partial charge in [0.25, 0.3) is 5.56 Å². The number of hydrogen-bond acceptors (Lipinski definition) is 4. The fourth-order valence-corrected chi connectivity index (χ4v) is 2.96. The zero-order chi connectivity index (χ0) is 19.7. The molecule has 1 amide bonds. The summed E-state index contributed by atoms with van der Waals surface area (Å²) >= 11 is 0. The van der Waals surface area contributed by atoms with Crippen LogP contribution in [-0.4, -0.2) is 25.2 Å². The van der Waals surface area contributed by atoms with Gasteiger partial charge in [-0.3, -0.25) is 14.2 Å². The standard InChI is InChI=1S/C20H16FN5O2/c1-13-5-2-3-8-17(13)26-19-16(10-23-26)20(28)25(12-22-19)11-18(27)24-15-7-4-6-14(21)9-15/h2-10,12H,11H2,1H3,(H,24,27). The zero-order valence-electron chi connectivity index (χ0n) is 15.0. The van der Waals surface area contributed by atoms with Crippen LogP contribution in [0.1, 0.15) is 5.56 Å². The molecule has 0 aliphatic carbocycles. The maximum absolute atomic E-state index is 13.2. The summed E-state index contributed by atoms with van der Waals surface area (Å²) < 4.78 is 16.0. The fourth-order valence-electron chi connectivity index (χ4n) is 2.96. The number of fused-ring (bicyclic) bond motifs is 1. The van der Waals surface area contributed by atoms with E-state index in [2.05, 4.69) is 15.4 Å². The Morgan fingerprint density at radius 2 is 2.00 bits per heavy atom. The van der Waals surface area contributed by atoms with Crippen LogP contribution in [0.5, 0.6) is 0 Å². The first-order valence-corrected chi connectivity index (χ1v) is 8.57. The van der Waals surface area contributed by atoms with Crippen molar-refractivity contribution in [3.8, 4) is 5.69 Å². The average Bonchev–Trinajstić information content (AvgIpc) is 3.09. The van der Waals surface area contributed by atoms with Crippen LogP contribution >= 0.6 is 0 Å². The molecule has 0 unspecified atom stereocenters. The lowest BCUT2D eigenvalue weighted by atomic mass is 10.2. The highest BCUT2D eigenvalue weighted by molar-refractivity contribution is 5.90. The minimum absolute atomic E-state index is 0.242. The van der Waals surface area contributed by atoms with Crippen LogP contribution in [0.25, 0.3) is 16.7 Å². The van der Waals surface area contributed by atoms with Crippen molar-refractivity contribution in [2.45, 2.75) is 13.5 Å². The Morgan fingerprint density at radius 1 is 1.18 bits per heavy atom. The van der Waals surface area contributed by atoms with Crippen LogP contribution < -0.4 is 10.9 Å². The Hall–Kier alpha value is -3.81. The maximum atomic E-state index is 13.2. The van der Waals surface area contributed by atoms with Crippen LogP contribution in [0.4, 0.5) is 10.1 Å². The molecule has 2 heterocycles. The first kappa shape index (κ1) is 17.6. The second-order valence-electron chi connectivity index (χ2n) is 6.32. The van der Waals surface area contributed by atoms with Crippen molar-refractivity contribution in [2.24, 2.45) is 0 Å². The summed E-state index contributed by atoms with van der Waals surface area (Å²) in [5.74, 6) is -0.915. The van der Waals surface area contributed by atoms with Gasteiger partial charge in [-0.25, -0.2) is 14.1 Å². The lowest BCUT2D eigenvalue weighted by Crippen LogP contribution is -2.27.